The van der Waals surface area contributed by atoms with Gasteiger partial charge in [-0.25, -0.2) is 3.11 Å². The number of hydrogen-bond donors (Lipinski definition) is 3. The highest BCUT2D eigenvalue weighted by Gasteiger charge is 2.21. The molecule has 5 N–H and O–H groups in total. The Hall–Kier alpha value is 0.0800. The van der Waals surface area contributed by atoms with Gasteiger partial charge in [0, 0.05) is 42.0 Å². The second-order valence-electron chi connectivity index (χ2n) is 4.58. The molecule has 1 rings (SSSR count). The van der Waals surface area contributed by atoms with Crippen molar-refractivity contribution in [2.24, 2.45) is 11.5 Å². The minimum absolute atomic E-state index is 0.00562. The van der Waals surface area contributed by atoms with Crippen molar-refractivity contribution < 1.29 is 4.79 Å². The third-order valence-corrected chi connectivity index (χ3v) is 4.06. The quantitative estimate of drug-likeness (QED) is 0.366. The van der Waals surface area contributed by atoms with Crippen molar-refractivity contribution in [2.75, 3.05) is 19.6 Å². The maximum atomic E-state index is 11.8. The molecule has 0 aliphatic carbocycles. The number of amides is 1. The summed E-state index contributed by atoms with van der Waals surface area (Å²) >= 11 is 2.32. The van der Waals surface area contributed by atoms with Crippen LogP contribution in [-0.4, -0.2) is 40.7 Å². The maximum absolute atomic E-state index is 11.8. The van der Waals surface area contributed by atoms with E-state index in [1.807, 2.05) is 0 Å². The Labute approximate surface area is 117 Å². The van der Waals surface area contributed by atoms with Crippen molar-refractivity contribution >= 4 is 28.8 Å². The lowest BCUT2D eigenvalue weighted by Gasteiger charge is -2.28. The van der Waals surface area contributed by atoms with Gasteiger partial charge in [-0.05, 0) is 32.2 Å². The summed E-state index contributed by atoms with van der Waals surface area (Å²) in [5.74, 6) is -0.00562. The predicted octanol–water partition coefficient (Wildman–Crippen LogP) is 0.373. The van der Waals surface area contributed by atoms with Crippen molar-refractivity contribution in [1.82, 2.24) is 8.43 Å². The van der Waals surface area contributed by atoms with Crippen LogP contribution >= 0.6 is 22.9 Å². The zero-order chi connectivity index (χ0) is 12.7. The third kappa shape index (κ3) is 5.98. The van der Waals surface area contributed by atoms with Gasteiger partial charge in [0.25, 0.3) is 0 Å². The first-order chi connectivity index (χ1) is 8.13. The normalized spacial score (nSPS) is 20.2. The largest absolute Gasteiger partial charge is 0.352 e. The fraction of sp³-hybridized carbons (Fsp3) is 0.909. The summed E-state index contributed by atoms with van der Waals surface area (Å²) in [6, 6.07) is -0.0757. The molecule has 1 atom stereocenters. The highest BCUT2D eigenvalue weighted by atomic mass is 127. The summed E-state index contributed by atoms with van der Waals surface area (Å²) in [5, 5.41) is 3.04. The Bertz CT molecular complexity index is 232. The van der Waals surface area contributed by atoms with E-state index in [9.17, 15) is 4.79 Å². The highest BCUT2D eigenvalue weighted by Crippen LogP contribution is 2.13. The van der Waals surface area contributed by atoms with Crippen LogP contribution < -0.4 is 16.8 Å². The summed E-state index contributed by atoms with van der Waals surface area (Å²) in [7, 11) is 0. The molecule has 5 nitrogen and oxygen atoms in total. The number of rotatable bonds is 6. The molecule has 17 heavy (non-hydrogen) atoms. The Morgan fingerprint density at radius 3 is 2.65 bits per heavy atom. The van der Waals surface area contributed by atoms with Gasteiger partial charge in [0.2, 0.25) is 5.91 Å². The van der Waals surface area contributed by atoms with Crippen molar-refractivity contribution in [3.8, 4) is 0 Å². The van der Waals surface area contributed by atoms with Crippen molar-refractivity contribution in [3.05, 3.63) is 0 Å². The van der Waals surface area contributed by atoms with Gasteiger partial charge in [-0.15, -0.1) is 0 Å². The van der Waals surface area contributed by atoms with E-state index in [2.05, 4.69) is 31.3 Å². The lowest BCUT2D eigenvalue weighted by Crippen LogP contribution is -2.48. The van der Waals surface area contributed by atoms with Gasteiger partial charge in [0.1, 0.15) is 0 Å². The number of carbonyl (C=O) groups is 1. The van der Waals surface area contributed by atoms with E-state index < -0.39 is 0 Å². The smallest absolute Gasteiger partial charge is 0.237 e. The topological polar surface area (TPSA) is 84.4 Å². The Kier molecular flexibility index (Phi) is 7.33. The Morgan fingerprint density at radius 2 is 2.06 bits per heavy atom. The molecule has 1 saturated heterocycles. The van der Waals surface area contributed by atoms with Gasteiger partial charge < -0.3 is 16.8 Å². The molecule has 1 amide bonds. The Balaban J connectivity index is 2.19. The van der Waals surface area contributed by atoms with E-state index in [0.717, 1.165) is 45.2 Å². The Morgan fingerprint density at radius 1 is 1.41 bits per heavy atom. The number of halogens is 1. The van der Waals surface area contributed by atoms with E-state index in [0.29, 0.717) is 12.6 Å². The summed E-state index contributed by atoms with van der Waals surface area (Å²) in [5.41, 5.74) is 11.2. The van der Waals surface area contributed by atoms with E-state index in [1.54, 1.807) is 0 Å². The predicted molar refractivity (Wildman–Crippen MR) is 77.6 cm³/mol. The first-order valence-corrected chi connectivity index (χ1v) is 7.26. The summed E-state index contributed by atoms with van der Waals surface area (Å²) < 4.78 is 2.25. The van der Waals surface area contributed by atoms with Crippen LogP contribution in [0.2, 0.25) is 0 Å². The lowest BCUT2D eigenvalue weighted by atomic mass is 10.0. The number of unbranched alkanes of at least 4 members (excludes halogenated alkanes) is 1. The van der Waals surface area contributed by atoms with E-state index in [-0.39, 0.29) is 11.9 Å². The molecule has 0 aromatic carbocycles. The molecule has 1 fully saturated rings. The van der Waals surface area contributed by atoms with Gasteiger partial charge in [0.05, 0.1) is 6.04 Å². The molecule has 1 heterocycles. The average molecular weight is 354 g/mol. The molecule has 0 radical (unpaired) electrons. The standard InChI is InChI=1S/C11H23IN4O/c12-16-7-4-9(5-8-16)15-11(17)10(14)3-1-2-6-13/h9-10H,1-8,13-14H2,(H,15,17)/t10-/m0/s1. The van der Waals surface area contributed by atoms with Crippen LogP contribution in [0.3, 0.4) is 0 Å². The van der Waals surface area contributed by atoms with Crippen LogP contribution in [0.4, 0.5) is 0 Å². The van der Waals surface area contributed by atoms with Crippen LogP contribution in [0.5, 0.6) is 0 Å². The van der Waals surface area contributed by atoms with Crippen molar-refractivity contribution in [2.45, 2.75) is 44.2 Å². The molecule has 100 valence electrons. The maximum Gasteiger partial charge on any atom is 0.237 e. The molecule has 1 aliphatic heterocycles. The summed E-state index contributed by atoms with van der Waals surface area (Å²) in [6.07, 6.45) is 4.63. The highest BCUT2D eigenvalue weighted by molar-refractivity contribution is 14.1. The van der Waals surface area contributed by atoms with Gasteiger partial charge >= 0.3 is 0 Å². The van der Waals surface area contributed by atoms with Crippen LogP contribution in [0.1, 0.15) is 32.1 Å². The molecule has 0 aromatic rings. The van der Waals surface area contributed by atoms with Gasteiger partial charge in [-0.2, -0.15) is 0 Å². The molecule has 0 saturated carbocycles. The second-order valence-corrected chi connectivity index (χ2v) is 5.95. The third-order valence-electron chi connectivity index (χ3n) is 3.09. The van der Waals surface area contributed by atoms with Crippen molar-refractivity contribution in [3.63, 3.8) is 0 Å². The summed E-state index contributed by atoms with van der Waals surface area (Å²) in [4.78, 5) is 11.8. The molecule has 6 heteroatoms. The fourth-order valence-electron chi connectivity index (χ4n) is 1.94. The number of hydrogen-bond acceptors (Lipinski definition) is 4. The zero-order valence-corrected chi connectivity index (χ0v) is 12.4. The lowest BCUT2D eigenvalue weighted by molar-refractivity contribution is -0.123. The average Bonchev–Trinajstić information content (AvgIpc) is 2.32. The van der Waals surface area contributed by atoms with Gasteiger partial charge in [0.15, 0.2) is 0 Å². The molecule has 0 spiro atoms. The second kappa shape index (κ2) is 8.23. The zero-order valence-electron chi connectivity index (χ0n) is 10.2. The number of nitrogens with zero attached hydrogens (tertiary/aromatic N) is 1. The number of nitrogens with two attached hydrogens (primary N) is 2. The molecule has 0 aromatic heterocycles. The van der Waals surface area contributed by atoms with Crippen LogP contribution in [0.15, 0.2) is 0 Å². The van der Waals surface area contributed by atoms with Gasteiger partial charge in [-0.1, -0.05) is 6.42 Å². The van der Waals surface area contributed by atoms with Gasteiger partial charge in [-0.3, -0.25) is 4.79 Å². The molecular formula is C11H23IN4O. The molecule has 0 unspecified atom stereocenters. The van der Waals surface area contributed by atoms with Crippen molar-refractivity contribution in [1.29, 1.82) is 0 Å². The monoisotopic (exact) mass is 354 g/mol. The number of nitrogens with one attached hydrogen (secondary N) is 1. The van der Waals surface area contributed by atoms with Crippen LogP contribution in [-0.2, 0) is 4.79 Å². The fourth-order valence-corrected chi connectivity index (χ4v) is 2.50. The first kappa shape index (κ1) is 15.1. The number of piperidine rings is 1. The molecule has 1 aliphatic rings. The minimum atomic E-state index is -0.376. The molecular weight excluding hydrogens is 331 g/mol. The van der Waals surface area contributed by atoms with E-state index >= 15 is 0 Å². The summed E-state index contributed by atoms with van der Waals surface area (Å²) in [6.45, 7) is 2.74. The van der Waals surface area contributed by atoms with E-state index in [1.165, 1.54) is 0 Å². The minimum Gasteiger partial charge on any atom is -0.352 e. The SMILES string of the molecule is NCCCC[C@H](N)C(=O)NC1CCN(I)CC1. The van der Waals surface area contributed by atoms with Crippen LogP contribution in [0.25, 0.3) is 0 Å². The number of carbonyl (C=O) groups excluding carboxylic acids is 1. The first-order valence-electron chi connectivity index (χ1n) is 6.30. The van der Waals surface area contributed by atoms with Crippen LogP contribution in [0, 0.1) is 0 Å². The molecule has 0 bridgehead atoms. The van der Waals surface area contributed by atoms with E-state index in [4.69, 9.17) is 11.5 Å².